The molecular formula is C23H34N4O. The summed E-state index contributed by atoms with van der Waals surface area (Å²) in [7, 11) is 0. The number of likely N-dealkylation sites (tertiary alicyclic amines) is 1. The third-order valence-corrected chi connectivity index (χ3v) is 7.62. The highest BCUT2D eigenvalue weighted by Crippen LogP contribution is 2.45. The molecule has 2 bridgehead atoms. The van der Waals surface area contributed by atoms with E-state index in [0.29, 0.717) is 30.8 Å². The van der Waals surface area contributed by atoms with Gasteiger partial charge in [0, 0.05) is 37.8 Å². The molecule has 5 nitrogen and oxygen atoms in total. The van der Waals surface area contributed by atoms with E-state index in [1.165, 1.54) is 45.2 Å². The second kappa shape index (κ2) is 7.33. The molecule has 28 heavy (non-hydrogen) atoms. The number of piperidine rings is 3. The van der Waals surface area contributed by atoms with Gasteiger partial charge in [-0.05, 0) is 70.4 Å². The summed E-state index contributed by atoms with van der Waals surface area (Å²) in [5.74, 6) is 1.69. The Bertz CT molecular complexity index is 782. The number of rotatable bonds is 3. The van der Waals surface area contributed by atoms with Gasteiger partial charge in [0.15, 0.2) is 0 Å². The number of aryl methyl sites for hydroxylation is 3. The zero-order valence-electron chi connectivity index (χ0n) is 17.4. The molecule has 0 aromatic carbocycles. The van der Waals surface area contributed by atoms with Crippen molar-refractivity contribution in [2.75, 3.05) is 19.6 Å². The minimum atomic E-state index is 0.322. The molecule has 0 spiro atoms. The van der Waals surface area contributed by atoms with E-state index in [9.17, 15) is 4.79 Å². The van der Waals surface area contributed by atoms with Crippen LogP contribution in [0.1, 0.15) is 56.3 Å². The third-order valence-electron chi connectivity index (χ3n) is 7.62. The lowest BCUT2D eigenvalue weighted by Crippen LogP contribution is -2.60. The van der Waals surface area contributed by atoms with Crippen LogP contribution in [0.15, 0.2) is 17.7 Å². The summed E-state index contributed by atoms with van der Waals surface area (Å²) in [6.45, 7) is 8.18. The molecule has 5 rings (SSSR count). The van der Waals surface area contributed by atoms with E-state index in [2.05, 4.69) is 34.0 Å². The molecule has 0 N–H and O–H groups in total. The number of hydrogen-bond donors (Lipinski definition) is 0. The van der Waals surface area contributed by atoms with Gasteiger partial charge in [0.2, 0.25) is 5.91 Å². The predicted octanol–water partition coefficient (Wildman–Crippen LogP) is 3.31. The van der Waals surface area contributed by atoms with Gasteiger partial charge in [-0.3, -0.25) is 14.4 Å². The van der Waals surface area contributed by atoms with E-state index in [0.717, 1.165) is 36.3 Å². The van der Waals surface area contributed by atoms with E-state index >= 15 is 0 Å². The molecule has 0 radical (unpaired) electrons. The zero-order chi connectivity index (χ0) is 19.3. The largest absolute Gasteiger partial charge is 0.336 e. The lowest BCUT2D eigenvalue weighted by Gasteiger charge is -2.54. The topological polar surface area (TPSA) is 41.4 Å². The fourth-order valence-electron chi connectivity index (χ4n) is 6.50. The van der Waals surface area contributed by atoms with Crippen molar-refractivity contribution in [3.05, 3.63) is 29.1 Å². The quantitative estimate of drug-likeness (QED) is 0.753. The minimum absolute atomic E-state index is 0.322. The van der Waals surface area contributed by atoms with Gasteiger partial charge in [-0.25, -0.2) is 0 Å². The first kappa shape index (κ1) is 18.4. The molecule has 1 aliphatic carbocycles. The summed E-state index contributed by atoms with van der Waals surface area (Å²) in [6.07, 6.45) is 10.9. The lowest BCUT2D eigenvalue weighted by atomic mass is 9.68. The summed E-state index contributed by atoms with van der Waals surface area (Å²) >= 11 is 0. The number of fused-ring (bicyclic) bond motifs is 6. The number of nitrogens with zero attached hydrogens (tertiary/aromatic N) is 4. The van der Waals surface area contributed by atoms with Crippen LogP contribution in [0.5, 0.6) is 0 Å². The standard InChI is InChI=1S/C23H34N4O/c1-16-12-17(2)27(24-16)11-8-22(28)26-10-5-6-18-13-19-14-20(23(18)26)15-25-9-4-3-7-21(19)25/h12-13,19-21,23H,3-11,14-15H2,1-2H3/t19-,20-,21-,23+/m0/s1. The van der Waals surface area contributed by atoms with Gasteiger partial charge in [0.25, 0.3) is 0 Å². The maximum Gasteiger partial charge on any atom is 0.224 e. The number of aromatic nitrogens is 2. The number of carbonyl (C=O) groups excluding carboxylic acids is 1. The van der Waals surface area contributed by atoms with Crippen LogP contribution in [0.25, 0.3) is 0 Å². The molecule has 3 aliphatic heterocycles. The molecule has 1 amide bonds. The van der Waals surface area contributed by atoms with Gasteiger partial charge in [-0.1, -0.05) is 18.1 Å². The predicted molar refractivity (Wildman–Crippen MR) is 110 cm³/mol. The lowest BCUT2D eigenvalue weighted by molar-refractivity contribution is -0.136. The number of amides is 1. The van der Waals surface area contributed by atoms with E-state index in [1.807, 2.05) is 11.6 Å². The van der Waals surface area contributed by atoms with Crippen LogP contribution < -0.4 is 0 Å². The van der Waals surface area contributed by atoms with Gasteiger partial charge in [0.1, 0.15) is 0 Å². The highest BCUT2D eigenvalue weighted by atomic mass is 16.2. The summed E-state index contributed by atoms with van der Waals surface area (Å²) in [6, 6.07) is 3.22. The van der Waals surface area contributed by atoms with Crippen molar-refractivity contribution < 1.29 is 4.79 Å². The second-order valence-electron chi connectivity index (χ2n) is 9.50. The summed E-state index contributed by atoms with van der Waals surface area (Å²) in [5, 5.41) is 4.53. The molecule has 5 heteroatoms. The maximum absolute atomic E-state index is 13.2. The highest BCUT2D eigenvalue weighted by molar-refractivity contribution is 5.77. The summed E-state index contributed by atoms with van der Waals surface area (Å²) in [4.78, 5) is 18.2. The van der Waals surface area contributed by atoms with Crippen molar-refractivity contribution in [1.29, 1.82) is 0 Å². The van der Waals surface area contributed by atoms with Crippen molar-refractivity contribution in [3.8, 4) is 0 Å². The van der Waals surface area contributed by atoms with Gasteiger partial charge in [0.05, 0.1) is 11.7 Å². The van der Waals surface area contributed by atoms with Gasteiger partial charge < -0.3 is 4.90 Å². The molecular weight excluding hydrogens is 348 g/mol. The molecule has 0 saturated carbocycles. The molecule has 3 fully saturated rings. The van der Waals surface area contributed by atoms with Crippen LogP contribution in [0.4, 0.5) is 0 Å². The number of carbonyl (C=O) groups is 1. The zero-order valence-corrected chi connectivity index (χ0v) is 17.4. The van der Waals surface area contributed by atoms with Crippen LogP contribution in [-0.2, 0) is 11.3 Å². The normalized spacial score (nSPS) is 32.5. The molecule has 4 atom stereocenters. The van der Waals surface area contributed by atoms with Crippen LogP contribution in [0.3, 0.4) is 0 Å². The molecule has 1 aromatic rings. The molecule has 152 valence electrons. The number of hydrogen-bond acceptors (Lipinski definition) is 3. The Labute approximate surface area is 168 Å². The summed E-state index contributed by atoms with van der Waals surface area (Å²) in [5.41, 5.74) is 3.76. The third kappa shape index (κ3) is 3.22. The average molecular weight is 383 g/mol. The Balaban J connectivity index is 1.32. The SMILES string of the molecule is Cc1cc(C)n(CCC(=O)N2CCCC3=C[C@H]4C[C@@H](CN5CCCC[C@@H]45)[C@@H]32)n1. The van der Waals surface area contributed by atoms with Gasteiger partial charge in [-0.15, -0.1) is 0 Å². The highest BCUT2D eigenvalue weighted by Gasteiger charge is 2.46. The van der Waals surface area contributed by atoms with Gasteiger partial charge >= 0.3 is 0 Å². The van der Waals surface area contributed by atoms with Crippen LogP contribution in [0.2, 0.25) is 0 Å². The van der Waals surface area contributed by atoms with Crippen LogP contribution >= 0.6 is 0 Å². The van der Waals surface area contributed by atoms with Crippen molar-refractivity contribution in [3.63, 3.8) is 0 Å². The van der Waals surface area contributed by atoms with Crippen LogP contribution in [0, 0.1) is 25.7 Å². The first-order chi connectivity index (χ1) is 13.6. The minimum Gasteiger partial charge on any atom is -0.336 e. The van der Waals surface area contributed by atoms with Crippen molar-refractivity contribution >= 4 is 5.91 Å². The molecule has 1 aromatic heterocycles. The monoisotopic (exact) mass is 382 g/mol. The Hall–Kier alpha value is -1.62. The smallest absolute Gasteiger partial charge is 0.224 e. The first-order valence-corrected chi connectivity index (χ1v) is 11.4. The fourth-order valence-corrected chi connectivity index (χ4v) is 6.50. The second-order valence-corrected chi connectivity index (χ2v) is 9.50. The van der Waals surface area contributed by atoms with Crippen molar-refractivity contribution in [2.24, 2.45) is 11.8 Å². The fraction of sp³-hybridized carbons (Fsp3) is 0.739. The molecule has 3 saturated heterocycles. The Morgan fingerprint density at radius 1 is 1.21 bits per heavy atom. The van der Waals surface area contributed by atoms with E-state index in [4.69, 9.17) is 0 Å². The Kier molecular flexibility index (Phi) is 4.82. The first-order valence-electron chi connectivity index (χ1n) is 11.4. The maximum atomic E-state index is 13.2. The molecule has 4 aliphatic rings. The van der Waals surface area contributed by atoms with E-state index in [-0.39, 0.29) is 0 Å². The molecule has 0 unspecified atom stereocenters. The average Bonchev–Trinajstić information content (AvgIpc) is 3.03. The van der Waals surface area contributed by atoms with Crippen LogP contribution in [-0.4, -0.2) is 57.2 Å². The van der Waals surface area contributed by atoms with E-state index < -0.39 is 0 Å². The Morgan fingerprint density at radius 2 is 2.11 bits per heavy atom. The van der Waals surface area contributed by atoms with E-state index in [1.54, 1.807) is 5.57 Å². The Morgan fingerprint density at radius 3 is 2.93 bits per heavy atom. The summed E-state index contributed by atoms with van der Waals surface area (Å²) < 4.78 is 1.99. The van der Waals surface area contributed by atoms with Crippen molar-refractivity contribution in [2.45, 2.75) is 77.4 Å². The van der Waals surface area contributed by atoms with Crippen molar-refractivity contribution in [1.82, 2.24) is 19.6 Å². The molecule has 4 heterocycles. The van der Waals surface area contributed by atoms with Gasteiger partial charge in [-0.2, -0.15) is 5.10 Å².